The molecule has 0 aromatic rings. The molecule has 11 heavy (non-hydrogen) atoms. The van der Waals surface area contributed by atoms with Gasteiger partial charge in [0.25, 0.3) is 0 Å². The molecule has 1 rings (SSSR count). The van der Waals surface area contributed by atoms with Crippen molar-refractivity contribution in [3.63, 3.8) is 0 Å². The zero-order valence-corrected chi connectivity index (χ0v) is 6.46. The number of allylic oxidation sites excluding steroid dienone is 3. The van der Waals surface area contributed by atoms with E-state index in [1.54, 1.807) is 6.08 Å². The maximum absolute atomic E-state index is 9.50. The van der Waals surface area contributed by atoms with Gasteiger partial charge in [-0.3, -0.25) is 0 Å². The van der Waals surface area contributed by atoms with Crippen molar-refractivity contribution in [3.8, 4) is 0 Å². The van der Waals surface area contributed by atoms with E-state index in [0.717, 1.165) is 17.6 Å². The molecule has 0 amide bonds. The molecule has 0 bridgehead atoms. The van der Waals surface area contributed by atoms with Crippen molar-refractivity contribution in [1.82, 2.24) is 0 Å². The van der Waals surface area contributed by atoms with E-state index in [-0.39, 0.29) is 0 Å². The minimum Gasteiger partial charge on any atom is -0.384 e. The number of rotatable bonds is 2. The van der Waals surface area contributed by atoms with E-state index in [1.807, 2.05) is 18.2 Å². The van der Waals surface area contributed by atoms with Gasteiger partial charge in [0, 0.05) is 0 Å². The van der Waals surface area contributed by atoms with Gasteiger partial charge in [-0.05, 0) is 17.6 Å². The molecule has 1 unspecified atom stereocenters. The van der Waals surface area contributed by atoms with Crippen molar-refractivity contribution < 1.29 is 5.11 Å². The monoisotopic (exact) mass is 148 g/mol. The lowest BCUT2D eigenvalue weighted by atomic mass is 9.95. The van der Waals surface area contributed by atoms with Gasteiger partial charge in [-0.25, -0.2) is 0 Å². The first-order chi connectivity index (χ1) is 5.25. The summed E-state index contributed by atoms with van der Waals surface area (Å²) in [6, 6.07) is 0. The van der Waals surface area contributed by atoms with Crippen LogP contribution in [0.1, 0.15) is 6.42 Å². The maximum Gasteiger partial charge on any atom is 0.100 e. The van der Waals surface area contributed by atoms with Crippen molar-refractivity contribution in [2.24, 2.45) is 0 Å². The molecule has 1 heteroatoms. The summed E-state index contributed by atoms with van der Waals surface area (Å²) >= 11 is 0. The van der Waals surface area contributed by atoms with Crippen LogP contribution in [0.4, 0.5) is 0 Å². The highest BCUT2D eigenvalue weighted by atomic mass is 16.3. The Morgan fingerprint density at radius 3 is 3.00 bits per heavy atom. The van der Waals surface area contributed by atoms with Crippen molar-refractivity contribution in [2.45, 2.75) is 12.5 Å². The van der Waals surface area contributed by atoms with E-state index in [2.05, 4.69) is 13.2 Å². The van der Waals surface area contributed by atoms with E-state index >= 15 is 0 Å². The predicted octanol–water partition coefficient (Wildman–Crippen LogP) is 1.98. The first-order valence-corrected chi connectivity index (χ1v) is 3.60. The van der Waals surface area contributed by atoms with Crippen molar-refractivity contribution in [2.75, 3.05) is 0 Å². The molecule has 0 saturated heterocycles. The van der Waals surface area contributed by atoms with Gasteiger partial charge in [0.1, 0.15) is 6.10 Å². The van der Waals surface area contributed by atoms with E-state index < -0.39 is 6.10 Å². The van der Waals surface area contributed by atoms with Crippen LogP contribution in [-0.2, 0) is 0 Å². The Kier molecular flexibility index (Phi) is 2.44. The van der Waals surface area contributed by atoms with Crippen molar-refractivity contribution >= 4 is 0 Å². The summed E-state index contributed by atoms with van der Waals surface area (Å²) in [5, 5.41) is 9.50. The molecule has 1 aliphatic carbocycles. The zero-order valence-electron chi connectivity index (χ0n) is 6.46. The van der Waals surface area contributed by atoms with Gasteiger partial charge >= 0.3 is 0 Å². The van der Waals surface area contributed by atoms with Crippen LogP contribution in [0.2, 0.25) is 0 Å². The van der Waals surface area contributed by atoms with E-state index in [1.165, 1.54) is 0 Å². The Bertz CT molecular complexity index is 233. The lowest BCUT2D eigenvalue weighted by molar-refractivity contribution is 0.247. The smallest absolute Gasteiger partial charge is 0.100 e. The summed E-state index contributed by atoms with van der Waals surface area (Å²) in [6.45, 7) is 7.32. The van der Waals surface area contributed by atoms with Crippen LogP contribution in [0.3, 0.4) is 0 Å². The summed E-state index contributed by atoms with van der Waals surface area (Å²) < 4.78 is 0. The summed E-state index contributed by atoms with van der Waals surface area (Å²) in [7, 11) is 0. The van der Waals surface area contributed by atoms with Crippen LogP contribution in [0.5, 0.6) is 0 Å². The SMILES string of the molecule is C=CCC1=CC=CC(=C)C1O. The fraction of sp³-hybridized carbons (Fsp3) is 0.200. The molecule has 1 aliphatic rings. The Morgan fingerprint density at radius 2 is 2.36 bits per heavy atom. The molecular weight excluding hydrogens is 136 g/mol. The lowest BCUT2D eigenvalue weighted by Gasteiger charge is -2.16. The lowest BCUT2D eigenvalue weighted by Crippen LogP contribution is -2.13. The number of aliphatic hydroxyl groups is 1. The molecule has 0 spiro atoms. The summed E-state index contributed by atoms with van der Waals surface area (Å²) in [5.41, 5.74) is 1.72. The minimum absolute atomic E-state index is 0.502. The highest BCUT2D eigenvalue weighted by Crippen LogP contribution is 2.19. The van der Waals surface area contributed by atoms with Crippen molar-refractivity contribution in [3.05, 3.63) is 48.6 Å². The molecule has 0 aliphatic heterocycles. The topological polar surface area (TPSA) is 20.2 Å². The predicted molar refractivity (Wildman–Crippen MR) is 47.2 cm³/mol. The molecule has 1 atom stereocenters. The number of hydrogen-bond acceptors (Lipinski definition) is 1. The third kappa shape index (κ3) is 1.69. The maximum atomic E-state index is 9.50. The summed E-state index contributed by atoms with van der Waals surface area (Å²) in [4.78, 5) is 0. The van der Waals surface area contributed by atoms with Gasteiger partial charge in [-0.1, -0.05) is 30.9 Å². The van der Waals surface area contributed by atoms with Crippen LogP contribution in [0.25, 0.3) is 0 Å². The standard InChI is InChI=1S/C10H12O/c1-3-5-9-7-4-6-8(2)10(9)11/h3-4,6-7,10-11H,1-2,5H2. The minimum atomic E-state index is -0.502. The molecule has 58 valence electrons. The summed E-state index contributed by atoms with van der Waals surface area (Å²) in [5.74, 6) is 0. The molecule has 0 saturated carbocycles. The van der Waals surface area contributed by atoms with Gasteiger partial charge in [-0.2, -0.15) is 0 Å². The zero-order chi connectivity index (χ0) is 8.27. The number of hydrogen-bond donors (Lipinski definition) is 1. The molecule has 0 aromatic carbocycles. The third-order valence-corrected chi connectivity index (χ3v) is 1.70. The van der Waals surface area contributed by atoms with Gasteiger partial charge in [0.15, 0.2) is 0 Å². The highest BCUT2D eigenvalue weighted by molar-refractivity contribution is 5.38. The average Bonchev–Trinajstić information content (AvgIpc) is 1.99. The van der Waals surface area contributed by atoms with Crippen LogP contribution in [0, 0.1) is 0 Å². The first-order valence-electron chi connectivity index (χ1n) is 3.60. The molecular formula is C10H12O. The van der Waals surface area contributed by atoms with E-state index in [0.29, 0.717) is 0 Å². The highest BCUT2D eigenvalue weighted by Gasteiger charge is 2.12. The van der Waals surface area contributed by atoms with E-state index in [9.17, 15) is 5.11 Å². The first kappa shape index (κ1) is 8.02. The van der Waals surface area contributed by atoms with Gasteiger partial charge in [-0.15, -0.1) is 6.58 Å². The Labute approximate surface area is 67.1 Å². The molecule has 1 nitrogen and oxygen atoms in total. The fourth-order valence-electron chi connectivity index (χ4n) is 1.06. The third-order valence-electron chi connectivity index (χ3n) is 1.70. The molecule has 0 radical (unpaired) electrons. The average molecular weight is 148 g/mol. The van der Waals surface area contributed by atoms with Crippen LogP contribution in [0.15, 0.2) is 48.6 Å². The van der Waals surface area contributed by atoms with Crippen LogP contribution < -0.4 is 0 Å². The van der Waals surface area contributed by atoms with Gasteiger partial charge in [0.05, 0.1) is 0 Å². The molecule has 0 heterocycles. The van der Waals surface area contributed by atoms with E-state index in [4.69, 9.17) is 0 Å². The Morgan fingerprint density at radius 1 is 1.64 bits per heavy atom. The quantitative estimate of drug-likeness (QED) is 0.594. The largest absolute Gasteiger partial charge is 0.384 e. The second-order valence-electron chi connectivity index (χ2n) is 2.57. The Hall–Kier alpha value is -1.08. The van der Waals surface area contributed by atoms with Crippen LogP contribution in [-0.4, -0.2) is 11.2 Å². The molecule has 0 fully saturated rings. The molecule has 1 N–H and O–H groups in total. The van der Waals surface area contributed by atoms with Gasteiger partial charge < -0.3 is 5.11 Å². The normalized spacial score (nSPS) is 23.2. The second kappa shape index (κ2) is 3.35. The second-order valence-corrected chi connectivity index (χ2v) is 2.57. The van der Waals surface area contributed by atoms with Crippen LogP contribution >= 0.6 is 0 Å². The fourth-order valence-corrected chi connectivity index (χ4v) is 1.06. The molecule has 0 aromatic heterocycles. The Balaban J connectivity index is 2.77. The van der Waals surface area contributed by atoms with Gasteiger partial charge in [0.2, 0.25) is 0 Å². The number of aliphatic hydroxyl groups excluding tert-OH is 1. The van der Waals surface area contributed by atoms with Crippen molar-refractivity contribution in [1.29, 1.82) is 0 Å². The summed E-state index contributed by atoms with van der Waals surface area (Å²) in [6.07, 6.45) is 7.62.